The van der Waals surface area contributed by atoms with Crippen molar-refractivity contribution in [2.45, 2.75) is 44.8 Å². The maximum absolute atomic E-state index is 13.2. The second-order valence-electron chi connectivity index (χ2n) is 7.66. The molecule has 5 heteroatoms. The molecule has 4 rings (SSSR count). The highest BCUT2D eigenvalue weighted by Gasteiger charge is 2.31. The molecule has 0 radical (unpaired) electrons. The van der Waals surface area contributed by atoms with Gasteiger partial charge >= 0.3 is 0 Å². The monoisotopic (exact) mass is 380 g/mol. The van der Waals surface area contributed by atoms with Gasteiger partial charge in [-0.05, 0) is 36.1 Å². The van der Waals surface area contributed by atoms with Crippen LogP contribution in [0.5, 0.6) is 0 Å². The molecule has 2 aromatic carbocycles. The highest BCUT2D eigenvalue weighted by molar-refractivity contribution is 6.01. The Morgan fingerprint density at radius 1 is 1.07 bits per heavy atom. The van der Waals surface area contributed by atoms with Crippen molar-refractivity contribution >= 4 is 11.6 Å². The standard InChI is InChI=1S/C23H25FN2O2/c24-20-12-10-18(11-13-20)22-14-21(28-25-22)16-26(15-17-6-2-1-3-7-17)23(27)19-8-4-5-9-19/h1-3,6-7,10-13,19,21H,4-5,8-9,14-16H2. The Morgan fingerprint density at radius 2 is 1.79 bits per heavy atom. The quantitative estimate of drug-likeness (QED) is 0.738. The van der Waals surface area contributed by atoms with Gasteiger partial charge in [0.15, 0.2) is 6.10 Å². The van der Waals surface area contributed by atoms with E-state index in [4.69, 9.17) is 4.84 Å². The van der Waals surface area contributed by atoms with Crippen LogP contribution in [0.15, 0.2) is 59.8 Å². The van der Waals surface area contributed by atoms with Crippen LogP contribution in [-0.4, -0.2) is 29.2 Å². The van der Waals surface area contributed by atoms with Gasteiger partial charge in [-0.25, -0.2) is 4.39 Å². The first-order valence-electron chi connectivity index (χ1n) is 10.0. The van der Waals surface area contributed by atoms with Crippen molar-refractivity contribution in [1.82, 2.24) is 4.90 Å². The SMILES string of the molecule is O=C(C1CCCC1)N(Cc1ccccc1)CC1CC(c2ccc(F)cc2)=NO1. The molecular weight excluding hydrogens is 355 g/mol. The van der Waals surface area contributed by atoms with Crippen molar-refractivity contribution in [3.05, 3.63) is 71.5 Å². The summed E-state index contributed by atoms with van der Waals surface area (Å²) >= 11 is 0. The maximum Gasteiger partial charge on any atom is 0.226 e. The summed E-state index contributed by atoms with van der Waals surface area (Å²) in [6, 6.07) is 16.3. The molecule has 146 valence electrons. The smallest absolute Gasteiger partial charge is 0.226 e. The second kappa shape index (κ2) is 8.55. The van der Waals surface area contributed by atoms with Gasteiger partial charge in [-0.1, -0.05) is 60.5 Å². The van der Waals surface area contributed by atoms with Crippen LogP contribution < -0.4 is 0 Å². The van der Waals surface area contributed by atoms with Gasteiger partial charge in [0, 0.05) is 18.9 Å². The molecule has 28 heavy (non-hydrogen) atoms. The predicted octanol–water partition coefficient (Wildman–Crippen LogP) is 4.54. The molecule has 1 saturated carbocycles. The summed E-state index contributed by atoms with van der Waals surface area (Å²) in [6.45, 7) is 1.10. The van der Waals surface area contributed by atoms with Gasteiger partial charge in [-0.2, -0.15) is 0 Å². The molecular formula is C23H25FN2O2. The molecule has 0 N–H and O–H groups in total. The number of carbonyl (C=O) groups is 1. The molecule has 0 aromatic heterocycles. The van der Waals surface area contributed by atoms with Crippen LogP contribution in [-0.2, 0) is 16.2 Å². The van der Waals surface area contributed by atoms with Gasteiger partial charge in [0.25, 0.3) is 0 Å². The summed E-state index contributed by atoms with van der Waals surface area (Å²) in [5.74, 6) is 0.0822. The van der Waals surface area contributed by atoms with Gasteiger partial charge in [0.05, 0.1) is 12.3 Å². The lowest BCUT2D eigenvalue weighted by atomic mass is 10.0. The zero-order valence-corrected chi connectivity index (χ0v) is 15.9. The second-order valence-corrected chi connectivity index (χ2v) is 7.66. The third-order valence-electron chi connectivity index (χ3n) is 5.57. The Morgan fingerprint density at radius 3 is 2.50 bits per heavy atom. The molecule has 1 amide bonds. The van der Waals surface area contributed by atoms with Gasteiger partial charge in [-0.3, -0.25) is 4.79 Å². The molecule has 0 spiro atoms. The van der Waals surface area contributed by atoms with Crippen LogP contribution >= 0.6 is 0 Å². The molecule has 2 aliphatic rings. The highest BCUT2D eigenvalue weighted by Crippen LogP contribution is 2.28. The van der Waals surface area contributed by atoms with E-state index in [1.165, 1.54) is 12.1 Å². The first-order valence-corrected chi connectivity index (χ1v) is 10.0. The summed E-state index contributed by atoms with van der Waals surface area (Å²) in [4.78, 5) is 20.7. The van der Waals surface area contributed by atoms with E-state index in [9.17, 15) is 9.18 Å². The summed E-state index contributed by atoms with van der Waals surface area (Å²) in [5, 5.41) is 4.19. The largest absolute Gasteiger partial charge is 0.390 e. The van der Waals surface area contributed by atoms with Gasteiger partial charge in [0.2, 0.25) is 5.91 Å². The molecule has 2 aromatic rings. The third-order valence-corrected chi connectivity index (χ3v) is 5.57. The minimum absolute atomic E-state index is 0.127. The van der Waals surface area contributed by atoms with Crippen LogP contribution in [0.4, 0.5) is 4.39 Å². The van der Waals surface area contributed by atoms with Crippen LogP contribution in [0.2, 0.25) is 0 Å². The molecule has 1 aliphatic carbocycles. The van der Waals surface area contributed by atoms with Gasteiger partial charge < -0.3 is 9.74 Å². The lowest BCUT2D eigenvalue weighted by Gasteiger charge is -2.27. The topological polar surface area (TPSA) is 41.9 Å². The molecule has 0 bridgehead atoms. The summed E-state index contributed by atoms with van der Waals surface area (Å²) in [7, 11) is 0. The molecule has 1 aliphatic heterocycles. The lowest BCUT2D eigenvalue weighted by Crippen LogP contribution is -2.40. The number of hydrogen-bond donors (Lipinski definition) is 0. The van der Waals surface area contributed by atoms with E-state index in [0.717, 1.165) is 42.5 Å². The van der Waals surface area contributed by atoms with Crippen molar-refractivity contribution in [3.63, 3.8) is 0 Å². The van der Waals surface area contributed by atoms with E-state index in [2.05, 4.69) is 5.16 Å². The van der Waals surface area contributed by atoms with Crippen molar-refractivity contribution in [2.24, 2.45) is 11.1 Å². The first-order chi connectivity index (χ1) is 13.7. The maximum atomic E-state index is 13.2. The van der Waals surface area contributed by atoms with Crippen molar-refractivity contribution in [3.8, 4) is 0 Å². The fraction of sp³-hybridized carbons (Fsp3) is 0.391. The number of amides is 1. The van der Waals surface area contributed by atoms with E-state index < -0.39 is 0 Å². The average molecular weight is 380 g/mol. The number of carbonyl (C=O) groups excluding carboxylic acids is 1. The van der Waals surface area contributed by atoms with E-state index in [1.54, 1.807) is 12.1 Å². The Kier molecular flexibility index (Phi) is 5.70. The lowest BCUT2D eigenvalue weighted by molar-refractivity contribution is -0.137. The van der Waals surface area contributed by atoms with E-state index >= 15 is 0 Å². The number of halogens is 1. The Labute approximate surface area is 165 Å². The Bertz CT molecular complexity index is 829. The zero-order chi connectivity index (χ0) is 19.3. The van der Waals surface area contributed by atoms with Crippen LogP contribution in [0.1, 0.15) is 43.2 Å². The van der Waals surface area contributed by atoms with Crippen LogP contribution in [0.25, 0.3) is 0 Å². The molecule has 1 unspecified atom stereocenters. The van der Waals surface area contributed by atoms with Gasteiger partial charge in [-0.15, -0.1) is 0 Å². The van der Waals surface area contributed by atoms with Crippen molar-refractivity contribution in [1.29, 1.82) is 0 Å². The molecule has 4 nitrogen and oxygen atoms in total. The summed E-state index contributed by atoms with van der Waals surface area (Å²) in [6.07, 6.45) is 4.67. The normalized spacial score (nSPS) is 19.3. The molecule has 1 heterocycles. The number of hydrogen-bond acceptors (Lipinski definition) is 3. The first kappa shape index (κ1) is 18.7. The number of rotatable bonds is 6. The van der Waals surface area contributed by atoms with Crippen molar-refractivity contribution in [2.75, 3.05) is 6.54 Å². The number of benzene rings is 2. The van der Waals surface area contributed by atoms with E-state index in [1.807, 2.05) is 35.2 Å². The van der Waals surface area contributed by atoms with Crippen molar-refractivity contribution < 1.29 is 14.0 Å². The minimum Gasteiger partial charge on any atom is -0.390 e. The summed E-state index contributed by atoms with van der Waals surface area (Å²) in [5.41, 5.74) is 2.78. The zero-order valence-electron chi connectivity index (χ0n) is 15.9. The molecule has 0 saturated heterocycles. The Hall–Kier alpha value is -2.69. The predicted molar refractivity (Wildman–Crippen MR) is 106 cm³/mol. The molecule has 1 fully saturated rings. The number of oxime groups is 1. The summed E-state index contributed by atoms with van der Waals surface area (Å²) < 4.78 is 13.2. The fourth-order valence-electron chi connectivity index (χ4n) is 4.05. The molecule has 1 atom stereocenters. The van der Waals surface area contributed by atoms with E-state index in [-0.39, 0.29) is 23.7 Å². The highest BCUT2D eigenvalue weighted by atomic mass is 19.1. The third kappa shape index (κ3) is 4.41. The average Bonchev–Trinajstić information content (AvgIpc) is 3.41. The van der Waals surface area contributed by atoms with E-state index in [0.29, 0.717) is 19.5 Å². The Balaban J connectivity index is 1.43. The van der Waals surface area contributed by atoms with Gasteiger partial charge in [0.1, 0.15) is 5.82 Å². The number of nitrogens with zero attached hydrogens (tertiary/aromatic N) is 2. The fourth-order valence-corrected chi connectivity index (χ4v) is 4.05. The minimum atomic E-state index is -0.268. The van der Waals surface area contributed by atoms with Crippen LogP contribution in [0.3, 0.4) is 0 Å². The van der Waals surface area contributed by atoms with Crippen LogP contribution in [0, 0.1) is 11.7 Å².